The lowest BCUT2D eigenvalue weighted by Crippen LogP contribution is -2.49. The molecule has 0 aliphatic carbocycles. The Labute approximate surface area is 112 Å². The van der Waals surface area contributed by atoms with Crippen molar-refractivity contribution in [2.24, 2.45) is 7.05 Å². The quantitative estimate of drug-likeness (QED) is 0.848. The van der Waals surface area contributed by atoms with Gasteiger partial charge in [0.15, 0.2) is 0 Å². The molecule has 1 amide bonds. The summed E-state index contributed by atoms with van der Waals surface area (Å²) >= 11 is 0. The van der Waals surface area contributed by atoms with Crippen LogP contribution in [-0.4, -0.2) is 64.1 Å². The van der Waals surface area contributed by atoms with Gasteiger partial charge in [-0.05, 0) is 12.1 Å². The Balaban J connectivity index is 1.85. The maximum absolute atomic E-state index is 12.2. The third kappa shape index (κ3) is 3.35. The fourth-order valence-electron chi connectivity index (χ4n) is 2.27. The van der Waals surface area contributed by atoms with E-state index in [1.165, 1.54) is 0 Å². The summed E-state index contributed by atoms with van der Waals surface area (Å²) in [6, 6.07) is 3.68. The van der Waals surface area contributed by atoms with E-state index in [9.17, 15) is 9.59 Å². The number of piperazine rings is 1. The van der Waals surface area contributed by atoms with Gasteiger partial charge in [-0.1, -0.05) is 0 Å². The summed E-state index contributed by atoms with van der Waals surface area (Å²) in [5.41, 5.74) is 0.694. The lowest BCUT2D eigenvalue weighted by molar-refractivity contribution is -0.137. The van der Waals surface area contributed by atoms with Crippen molar-refractivity contribution in [3.63, 3.8) is 0 Å². The molecule has 0 spiro atoms. The van der Waals surface area contributed by atoms with Crippen LogP contribution in [0.25, 0.3) is 0 Å². The van der Waals surface area contributed by atoms with Gasteiger partial charge in [0.05, 0.1) is 6.42 Å². The zero-order valence-corrected chi connectivity index (χ0v) is 11.1. The topological polar surface area (TPSA) is 65.8 Å². The molecule has 1 N–H and O–H groups in total. The van der Waals surface area contributed by atoms with Crippen LogP contribution < -0.4 is 0 Å². The van der Waals surface area contributed by atoms with Gasteiger partial charge in [-0.25, -0.2) is 0 Å². The van der Waals surface area contributed by atoms with E-state index in [2.05, 4.69) is 4.90 Å². The first-order valence-corrected chi connectivity index (χ1v) is 6.42. The minimum Gasteiger partial charge on any atom is -0.481 e. The summed E-state index contributed by atoms with van der Waals surface area (Å²) in [5, 5.41) is 8.65. The maximum atomic E-state index is 12.2. The van der Waals surface area contributed by atoms with Gasteiger partial charge in [0.1, 0.15) is 5.69 Å². The molecular formula is C13H19N3O3. The maximum Gasteiger partial charge on any atom is 0.304 e. The average molecular weight is 265 g/mol. The summed E-state index contributed by atoms with van der Waals surface area (Å²) in [4.78, 5) is 26.7. The molecule has 1 aliphatic heterocycles. The van der Waals surface area contributed by atoms with Gasteiger partial charge >= 0.3 is 5.97 Å². The SMILES string of the molecule is Cn1cccc1C(=O)N1CCN(CCC(=O)O)CC1. The van der Waals surface area contributed by atoms with Gasteiger partial charge in [0.2, 0.25) is 0 Å². The van der Waals surface area contributed by atoms with Crippen molar-refractivity contribution in [3.8, 4) is 0 Å². The van der Waals surface area contributed by atoms with Gasteiger partial charge in [0, 0.05) is 46.0 Å². The lowest BCUT2D eigenvalue weighted by Gasteiger charge is -2.34. The van der Waals surface area contributed by atoms with Crippen LogP contribution in [0.15, 0.2) is 18.3 Å². The minimum atomic E-state index is -0.776. The van der Waals surface area contributed by atoms with E-state index in [-0.39, 0.29) is 12.3 Å². The van der Waals surface area contributed by atoms with Gasteiger partial charge in [-0.15, -0.1) is 0 Å². The monoisotopic (exact) mass is 265 g/mol. The van der Waals surface area contributed by atoms with E-state index in [1.54, 1.807) is 0 Å². The fraction of sp³-hybridized carbons (Fsp3) is 0.538. The third-order valence-electron chi connectivity index (χ3n) is 3.46. The Hall–Kier alpha value is -1.82. The standard InChI is InChI=1S/C13H19N3O3/c1-14-5-2-3-11(14)13(19)16-9-7-15(8-10-16)6-4-12(17)18/h2-3,5H,4,6-10H2,1H3,(H,17,18). The van der Waals surface area contributed by atoms with Crippen LogP contribution in [0.1, 0.15) is 16.9 Å². The summed E-state index contributed by atoms with van der Waals surface area (Å²) in [6.07, 6.45) is 2.02. The van der Waals surface area contributed by atoms with Gasteiger partial charge < -0.3 is 14.6 Å². The van der Waals surface area contributed by atoms with Crippen LogP contribution >= 0.6 is 0 Å². The highest BCUT2D eigenvalue weighted by Gasteiger charge is 2.23. The number of aromatic nitrogens is 1. The summed E-state index contributed by atoms with van der Waals surface area (Å²) < 4.78 is 1.82. The van der Waals surface area contributed by atoms with Crippen LogP contribution in [-0.2, 0) is 11.8 Å². The molecule has 0 unspecified atom stereocenters. The number of carbonyl (C=O) groups is 2. The van der Waals surface area contributed by atoms with Crippen molar-refractivity contribution >= 4 is 11.9 Å². The molecule has 1 fully saturated rings. The summed E-state index contributed by atoms with van der Waals surface area (Å²) in [7, 11) is 1.86. The van der Waals surface area contributed by atoms with E-state index in [0.717, 1.165) is 13.1 Å². The molecule has 6 nitrogen and oxygen atoms in total. The Bertz CT molecular complexity index is 461. The first kappa shape index (κ1) is 13.6. The second-order valence-corrected chi connectivity index (χ2v) is 4.78. The highest BCUT2D eigenvalue weighted by molar-refractivity contribution is 5.92. The number of nitrogens with zero attached hydrogens (tertiary/aromatic N) is 3. The number of hydrogen-bond donors (Lipinski definition) is 1. The second-order valence-electron chi connectivity index (χ2n) is 4.78. The Morgan fingerprint density at radius 1 is 1.26 bits per heavy atom. The molecule has 1 saturated heterocycles. The van der Waals surface area contributed by atoms with Crippen molar-refractivity contribution in [2.45, 2.75) is 6.42 Å². The van der Waals surface area contributed by atoms with Crippen molar-refractivity contribution in [1.29, 1.82) is 0 Å². The Kier molecular flexibility index (Phi) is 4.21. The number of aliphatic carboxylic acids is 1. The van der Waals surface area contributed by atoms with E-state index >= 15 is 0 Å². The molecule has 0 bridgehead atoms. The average Bonchev–Trinajstić information content (AvgIpc) is 2.82. The van der Waals surface area contributed by atoms with Crippen LogP contribution in [0.5, 0.6) is 0 Å². The largest absolute Gasteiger partial charge is 0.481 e. The molecule has 2 rings (SSSR count). The number of amides is 1. The number of carboxylic acid groups (broad SMARTS) is 1. The molecule has 104 valence electrons. The van der Waals surface area contributed by atoms with E-state index in [1.807, 2.05) is 34.8 Å². The number of aryl methyl sites for hydroxylation is 1. The third-order valence-corrected chi connectivity index (χ3v) is 3.46. The highest BCUT2D eigenvalue weighted by Crippen LogP contribution is 2.09. The van der Waals surface area contributed by atoms with E-state index in [4.69, 9.17) is 5.11 Å². The van der Waals surface area contributed by atoms with Crippen LogP contribution in [0, 0.1) is 0 Å². The molecule has 0 atom stereocenters. The van der Waals surface area contributed by atoms with Crippen molar-refractivity contribution in [3.05, 3.63) is 24.0 Å². The molecule has 0 radical (unpaired) electrons. The number of carbonyl (C=O) groups excluding carboxylic acids is 1. The molecule has 1 aromatic heterocycles. The van der Waals surface area contributed by atoms with Crippen LogP contribution in [0.4, 0.5) is 0 Å². The molecular weight excluding hydrogens is 246 g/mol. The molecule has 1 aliphatic rings. The first-order chi connectivity index (χ1) is 9.08. The summed E-state index contributed by atoms with van der Waals surface area (Å²) in [6.45, 7) is 3.35. The molecule has 19 heavy (non-hydrogen) atoms. The predicted molar refractivity (Wildman–Crippen MR) is 70.0 cm³/mol. The lowest BCUT2D eigenvalue weighted by atomic mass is 10.2. The Morgan fingerprint density at radius 3 is 2.47 bits per heavy atom. The minimum absolute atomic E-state index is 0.0467. The predicted octanol–water partition coefficient (Wildman–Crippen LogP) is 0.258. The van der Waals surface area contributed by atoms with Crippen molar-refractivity contribution < 1.29 is 14.7 Å². The van der Waals surface area contributed by atoms with Gasteiger partial charge in [-0.3, -0.25) is 14.5 Å². The van der Waals surface area contributed by atoms with Crippen molar-refractivity contribution in [2.75, 3.05) is 32.7 Å². The Morgan fingerprint density at radius 2 is 1.95 bits per heavy atom. The number of carboxylic acids is 1. The van der Waals surface area contributed by atoms with E-state index in [0.29, 0.717) is 25.3 Å². The molecule has 2 heterocycles. The number of hydrogen-bond acceptors (Lipinski definition) is 3. The molecule has 1 aromatic rings. The fourth-order valence-corrected chi connectivity index (χ4v) is 2.27. The molecule has 6 heteroatoms. The van der Waals surface area contributed by atoms with Gasteiger partial charge in [-0.2, -0.15) is 0 Å². The molecule has 0 aromatic carbocycles. The normalized spacial score (nSPS) is 16.6. The zero-order valence-electron chi connectivity index (χ0n) is 11.1. The van der Waals surface area contributed by atoms with E-state index < -0.39 is 5.97 Å². The smallest absolute Gasteiger partial charge is 0.304 e. The van der Waals surface area contributed by atoms with Crippen LogP contribution in [0.2, 0.25) is 0 Å². The zero-order chi connectivity index (χ0) is 13.8. The second kappa shape index (κ2) is 5.88. The first-order valence-electron chi connectivity index (χ1n) is 6.42. The molecule has 0 saturated carbocycles. The van der Waals surface area contributed by atoms with Gasteiger partial charge in [0.25, 0.3) is 5.91 Å². The van der Waals surface area contributed by atoms with Crippen LogP contribution in [0.3, 0.4) is 0 Å². The highest BCUT2D eigenvalue weighted by atomic mass is 16.4. The van der Waals surface area contributed by atoms with Crippen molar-refractivity contribution in [1.82, 2.24) is 14.4 Å². The number of rotatable bonds is 4. The summed E-state index contributed by atoms with van der Waals surface area (Å²) in [5.74, 6) is -0.729.